The molecule has 0 bridgehead atoms. The van der Waals surface area contributed by atoms with Crippen LogP contribution in [-0.2, 0) is 24.0 Å². The molecule has 9 heteroatoms. The van der Waals surface area contributed by atoms with Crippen molar-refractivity contribution in [3.63, 3.8) is 0 Å². The standard InChI is InChI=1S/C17H25N3O6/c1-5-17(8-13(22)20(4)16(17)26)15(25)11(6-7-14(23)24)19-9-12(21)10(2)18-3/h5,10-11,18-19H,1,6-9H2,2-4H3,(H,23,24)/t10-,11-,17?/m0/s1. The summed E-state index contributed by atoms with van der Waals surface area (Å²) in [6, 6.07) is -1.52. The molecule has 0 aromatic heterocycles. The van der Waals surface area contributed by atoms with Crippen molar-refractivity contribution in [2.75, 3.05) is 20.6 Å². The minimum Gasteiger partial charge on any atom is -0.481 e. The van der Waals surface area contributed by atoms with Gasteiger partial charge in [-0.1, -0.05) is 6.08 Å². The van der Waals surface area contributed by atoms with Crippen LogP contribution in [0.5, 0.6) is 0 Å². The third-order valence-electron chi connectivity index (χ3n) is 4.68. The fraction of sp³-hybridized carbons (Fsp3) is 0.588. The molecule has 144 valence electrons. The van der Waals surface area contributed by atoms with Crippen LogP contribution in [0.1, 0.15) is 26.2 Å². The number of carboxylic acid groups (broad SMARTS) is 1. The number of Topliss-reactive ketones (excluding diaryl/α,β-unsaturated/α-hetero) is 2. The lowest BCUT2D eigenvalue weighted by atomic mass is 9.77. The number of ketones is 2. The predicted molar refractivity (Wildman–Crippen MR) is 92.2 cm³/mol. The molecular weight excluding hydrogens is 342 g/mol. The van der Waals surface area contributed by atoms with Gasteiger partial charge in [0, 0.05) is 13.5 Å². The Kier molecular flexibility index (Phi) is 7.34. The summed E-state index contributed by atoms with van der Waals surface area (Å²) in [7, 11) is 2.89. The molecule has 0 radical (unpaired) electrons. The first kappa shape index (κ1) is 21.7. The largest absolute Gasteiger partial charge is 0.481 e. The van der Waals surface area contributed by atoms with Gasteiger partial charge >= 0.3 is 5.97 Å². The van der Waals surface area contributed by atoms with Crippen LogP contribution in [0.3, 0.4) is 0 Å². The zero-order valence-electron chi connectivity index (χ0n) is 15.2. The van der Waals surface area contributed by atoms with Crippen LogP contribution >= 0.6 is 0 Å². The van der Waals surface area contributed by atoms with E-state index in [-0.39, 0.29) is 31.6 Å². The Morgan fingerprint density at radius 3 is 2.42 bits per heavy atom. The normalized spacial score (nSPS) is 22.2. The van der Waals surface area contributed by atoms with Crippen molar-refractivity contribution in [3.8, 4) is 0 Å². The van der Waals surface area contributed by atoms with Crippen molar-refractivity contribution in [2.45, 2.75) is 38.3 Å². The summed E-state index contributed by atoms with van der Waals surface area (Å²) < 4.78 is 0. The summed E-state index contributed by atoms with van der Waals surface area (Å²) in [5.41, 5.74) is -1.74. The Morgan fingerprint density at radius 2 is 2.00 bits per heavy atom. The number of likely N-dealkylation sites (N-methyl/N-ethyl adjacent to an activating group) is 1. The highest BCUT2D eigenvalue weighted by Gasteiger charge is 2.54. The molecule has 1 heterocycles. The van der Waals surface area contributed by atoms with Gasteiger partial charge in [0.25, 0.3) is 0 Å². The van der Waals surface area contributed by atoms with Crippen LogP contribution in [0, 0.1) is 5.41 Å². The summed E-state index contributed by atoms with van der Waals surface area (Å²) in [6.07, 6.45) is 0.337. The minimum atomic E-state index is -1.74. The number of likely N-dealkylation sites (tertiary alicyclic amines) is 1. The maximum Gasteiger partial charge on any atom is 0.303 e. The molecule has 3 N–H and O–H groups in total. The minimum absolute atomic E-state index is 0.115. The Morgan fingerprint density at radius 1 is 1.38 bits per heavy atom. The van der Waals surface area contributed by atoms with E-state index in [0.29, 0.717) is 0 Å². The van der Waals surface area contributed by atoms with Gasteiger partial charge in [-0.3, -0.25) is 28.9 Å². The van der Waals surface area contributed by atoms with Crippen LogP contribution in [0.4, 0.5) is 0 Å². The lowest BCUT2D eigenvalue weighted by molar-refractivity contribution is -0.142. The van der Waals surface area contributed by atoms with Crippen LogP contribution < -0.4 is 10.6 Å². The molecule has 0 aromatic rings. The lowest BCUT2D eigenvalue weighted by Gasteiger charge is -2.27. The number of carbonyl (C=O) groups is 5. The smallest absolute Gasteiger partial charge is 0.303 e. The van der Waals surface area contributed by atoms with Crippen molar-refractivity contribution in [2.24, 2.45) is 5.41 Å². The SMILES string of the molecule is C=CC1(C(=O)[C@H](CCC(=O)O)NCC(=O)[C@H](C)NC)CC(=O)N(C)C1=O. The number of carboxylic acids is 1. The molecule has 1 aliphatic rings. The summed E-state index contributed by atoms with van der Waals surface area (Å²) in [6.45, 7) is 5.00. The molecule has 3 atom stereocenters. The van der Waals surface area contributed by atoms with Crippen molar-refractivity contribution in [1.82, 2.24) is 15.5 Å². The number of hydrogen-bond donors (Lipinski definition) is 3. The first-order chi connectivity index (χ1) is 12.1. The average molecular weight is 367 g/mol. The fourth-order valence-corrected chi connectivity index (χ4v) is 2.74. The van der Waals surface area contributed by atoms with Crippen molar-refractivity contribution < 1.29 is 29.1 Å². The Labute approximate surface area is 151 Å². The molecule has 1 fully saturated rings. The lowest BCUT2D eigenvalue weighted by Crippen LogP contribution is -2.51. The maximum absolute atomic E-state index is 13.0. The van der Waals surface area contributed by atoms with E-state index in [2.05, 4.69) is 17.2 Å². The van der Waals surface area contributed by atoms with Crippen molar-refractivity contribution in [1.29, 1.82) is 0 Å². The highest BCUT2D eigenvalue weighted by Crippen LogP contribution is 2.36. The second-order valence-corrected chi connectivity index (χ2v) is 6.32. The zero-order valence-corrected chi connectivity index (χ0v) is 15.2. The molecule has 0 aromatic carbocycles. The predicted octanol–water partition coefficient (Wildman–Crippen LogP) is -0.883. The highest BCUT2D eigenvalue weighted by molar-refractivity contribution is 6.20. The van der Waals surface area contributed by atoms with E-state index >= 15 is 0 Å². The Balaban J connectivity index is 3.04. The molecule has 1 rings (SSSR count). The van der Waals surface area contributed by atoms with Crippen LogP contribution in [0.2, 0.25) is 0 Å². The number of imide groups is 1. The van der Waals surface area contributed by atoms with Gasteiger partial charge in [0.2, 0.25) is 11.8 Å². The van der Waals surface area contributed by atoms with Gasteiger partial charge in [-0.15, -0.1) is 6.58 Å². The van der Waals surface area contributed by atoms with Gasteiger partial charge in [-0.25, -0.2) is 0 Å². The molecule has 0 spiro atoms. The number of aliphatic carboxylic acids is 1. The Hall–Kier alpha value is -2.39. The maximum atomic E-state index is 13.0. The summed E-state index contributed by atoms with van der Waals surface area (Å²) in [4.78, 5) is 61.1. The fourth-order valence-electron chi connectivity index (χ4n) is 2.74. The molecule has 1 saturated heterocycles. The van der Waals surface area contributed by atoms with Crippen LogP contribution in [0.15, 0.2) is 12.7 Å². The van der Waals surface area contributed by atoms with E-state index in [4.69, 9.17) is 5.11 Å². The Bertz CT molecular complexity index is 632. The molecule has 26 heavy (non-hydrogen) atoms. The number of carbonyl (C=O) groups excluding carboxylic acids is 4. The number of nitrogens with zero attached hydrogens (tertiary/aromatic N) is 1. The number of nitrogens with one attached hydrogen (secondary N) is 2. The molecule has 2 amide bonds. The third-order valence-corrected chi connectivity index (χ3v) is 4.68. The van der Waals surface area contributed by atoms with Gasteiger partial charge < -0.3 is 15.7 Å². The molecule has 9 nitrogen and oxygen atoms in total. The van der Waals surface area contributed by atoms with E-state index in [9.17, 15) is 24.0 Å². The first-order valence-corrected chi connectivity index (χ1v) is 8.24. The molecular formula is C17H25N3O6. The summed E-state index contributed by atoms with van der Waals surface area (Å²) in [5.74, 6) is -3.20. The second-order valence-electron chi connectivity index (χ2n) is 6.32. The highest BCUT2D eigenvalue weighted by atomic mass is 16.4. The summed E-state index contributed by atoms with van der Waals surface area (Å²) >= 11 is 0. The van der Waals surface area contributed by atoms with Gasteiger partial charge in [-0.05, 0) is 20.4 Å². The van der Waals surface area contributed by atoms with Gasteiger partial charge in [0.05, 0.1) is 25.0 Å². The van der Waals surface area contributed by atoms with Crippen LogP contribution in [0.25, 0.3) is 0 Å². The molecule has 1 aliphatic heterocycles. The number of rotatable bonds is 11. The monoisotopic (exact) mass is 367 g/mol. The van der Waals surface area contributed by atoms with E-state index in [0.717, 1.165) is 11.0 Å². The molecule has 1 unspecified atom stereocenters. The first-order valence-electron chi connectivity index (χ1n) is 8.24. The van der Waals surface area contributed by atoms with Gasteiger partial charge in [0.15, 0.2) is 11.6 Å². The average Bonchev–Trinajstić information content (AvgIpc) is 2.84. The van der Waals surface area contributed by atoms with Gasteiger partial charge in [-0.2, -0.15) is 0 Å². The van der Waals surface area contributed by atoms with E-state index in [1.807, 2.05) is 0 Å². The number of hydrogen-bond acceptors (Lipinski definition) is 7. The van der Waals surface area contributed by atoms with Crippen LogP contribution in [-0.4, -0.2) is 72.1 Å². The van der Waals surface area contributed by atoms with E-state index in [1.54, 1.807) is 14.0 Å². The zero-order chi connectivity index (χ0) is 20.1. The molecule has 0 aliphatic carbocycles. The third kappa shape index (κ3) is 4.41. The summed E-state index contributed by atoms with van der Waals surface area (Å²) in [5, 5.41) is 14.4. The second kappa shape index (κ2) is 8.81. The quantitative estimate of drug-likeness (QED) is 0.243. The van der Waals surface area contributed by atoms with Gasteiger partial charge in [0.1, 0.15) is 5.41 Å². The van der Waals surface area contributed by atoms with Crippen molar-refractivity contribution in [3.05, 3.63) is 12.7 Å². The van der Waals surface area contributed by atoms with E-state index < -0.39 is 41.1 Å². The van der Waals surface area contributed by atoms with Crippen molar-refractivity contribution >= 4 is 29.4 Å². The molecule has 0 saturated carbocycles. The van der Waals surface area contributed by atoms with E-state index in [1.165, 1.54) is 7.05 Å². The topological polar surface area (TPSA) is 133 Å². The number of amides is 2.